The number of aliphatic hydroxyl groups excluding tert-OH is 1. The van der Waals surface area contributed by atoms with E-state index in [-0.39, 0.29) is 5.91 Å². The molecule has 1 fully saturated rings. The molecule has 6 heteroatoms. The van der Waals surface area contributed by atoms with Crippen molar-refractivity contribution in [2.75, 3.05) is 52.9 Å². The number of likely N-dealkylation sites (N-methyl/N-ethyl adjacent to an activating group) is 1. The number of hydrogen-bond donors (Lipinski definition) is 1. The molecule has 0 aliphatic carbocycles. The van der Waals surface area contributed by atoms with Crippen LogP contribution < -0.4 is 0 Å². The van der Waals surface area contributed by atoms with Crippen LogP contribution in [-0.2, 0) is 4.79 Å². The second-order valence-electron chi connectivity index (χ2n) is 6.23. The van der Waals surface area contributed by atoms with E-state index < -0.39 is 6.10 Å². The molecular weight excluding hydrogens is 304 g/mol. The lowest BCUT2D eigenvalue weighted by molar-refractivity contribution is -0.131. The Hall–Kier alpha value is -1.94. The normalized spacial score (nSPS) is 17.2. The number of benzene rings is 1. The number of amides is 1. The van der Waals surface area contributed by atoms with Crippen molar-refractivity contribution in [1.82, 2.24) is 14.7 Å². The summed E-state index contributed by atoms with van der Waals surface area (Å²) in [7, 11) is 1.74. The molecule has 1 aliphatic heterocycles. The highest BCUT2D eigenvalue weighted by Gasteiger charge is 2.22. The maximum Gasteiger partial charge on any atom is 0.236 e. The van der Waals surface area contributed by atoms with Gasteiger partial charge in [-0.05, 0) is 5.56 Å². The molecule has 1 aromatic rings. The van der Waals surface area contributed by atoms with E-state index in [1.165, 1.54) is 0 Å². The van der Waals surface area contributed by atoms with Crippen molar-refractivity contribution in [1.29, 1.82) is 5.26 Å². The topological polar surface area (TPSA) is 70.8 Å². The van der Waals surface area contributed by atoms with Gasteiger partial charge in [0.25, 0.3) is 0 Å². The van der Waals surface area contributed by atoms with Crippen LogP contribution in [0.5, 0.6) is 0 Å². The minimum absolute atomic E-state index is 0.0584. The van der Waals surface area contributed by atoms with Gasteiger partial charge in [0.2, 0.25) is 5.91 Å². The SMILES string of the molecule is CN(CCC#N)C(=O)CN1CCN(C[C@H](O)c2ccccc2)CC1. The van der Waals surface area contributed by atoms with E-state index in [4.69, 9.17) is 5.26 Å². The highest BCUT2D eigenvalue weighted by Crippen LogP contribution is 2.14. The summed E-state index contributed by atoms with van der Waals surface area (Å²) >= 11 is 0. The molecule has 1 atom stereocenters. The predicted molar refractivity (Wildman–Crippen MR) is 92.1 cm³/mol. The third-order valence-electron chi connectivity index (χ3n) is 4.42. The minimum atomic E-state index is -0.475. The number of aliphatic hydroxyl groups is 1. The Morgan fingerprint density at radius 1 is 1.25 bits per heavy atom. The summed E-state index contributed by atoms with van der Waals surface area (Å²) in [4.78, 5) is 18.1. The summed E-state index contributed by atoms with van der Waals surface area (Å²) in [6, 6.07) is 11.8. The van der Waals surface area contributed by atoms with Gasteiger partial charge in [0.1, 0.15) is 0 Å². The van der Waals surface area contributed by atoms with E-state index in [1.807, 2.05) is 30.3 Å². The van der Waals surface area contributed by atoms with Gasteiger partial charge in [-0.25, -0.2) is 0 Å². The molecule has 0 saturated carbocycles. The first-order valence-corrected chi connectivity index (χ1v) is 8.39. The van der Waals surface area contributed by atoms with Crippen LogP contribution in [0.15, 0.2) is 30.3 Å². The Kier molecular flexibility index (Phi) is 7.19. The summed E-state index contributed by atoms with van der Waals surface area (Å²) < 4.78 is 0. The Balaban J connectivity index is 1.71. The van der Waals surface area contributed by atoms with Crippen LogP contribution in [0.1, 0.15) is 18.1 Å². The van der Waals surface area contributed by atoms with Gasteiger partial charge in [0.15, 0.2) is 0 Å². The average molecular weight is 330 g/mol. The number of rotatable bonds is 7. The largest absolute Gasteiger partial charge is 0.387 e. The zero-order valence-corrected chi connectivity index (χ0v) is 14.3. The van der Waals surface area contributed by atoms with Crippen LogP contribution in [0.25, 0.3) is 0 Å². The number of hydrogen-bond acceptors (Lipinski definition) is 5. The van der Waals surface area contributed by atoms with Crippen molar-refractivity contribution in [2.45, 2.75) is 12.5 Å². The lowest BCUT2D eigenvalue weighted by atomic mass is 10.1. The first-order valence-electron chi connectivity index (χ1n) is 8.39. The summed E-state index contributed by atoms with van der Waals surface area (Å²) in [5.41, 5.74) is 0.939. The van der Waals surface area contributed by atoms with E-state index in [1.54, 1.807) is 11.9 Å². The average Bonchev–Trinajstić information content (AvgIpc) is 2.62. The van der Waals surface area contributed by atoms with Crippen molar-refractivity contribution in [2.24, 2.45) is 0 Å². The van der Waals surface area contributed by atoms with Crippen molar-refractivity contribution in [3.63, 3.8) is 0 Å². The molecular formula is C18H26N4O2. The highest BCUT2D eigenvalue weighted by molar-refractivity contribution is 5.78. The van der Waals surface area contributed by atoms with Crippen molar-refractivity contribution < 1.29 is 9.90 Å². The number of piperazine rings is 1. The van der Waals surface area contributed by atoms with Gasteiger partial charge in [-0.1, -0.05) is 30.3 Å². The van der Waals surface area contributed by atoms with Gasteiger partial charge >= 0.3 is 0 Å². The monoisotopic (exact) mass is 330 g/mol. The van der Waals surface area contributed by atoms with Crippen LogP contribution in [-0.4, -0.2) is 78.6 Å². The molecule has 1 saturated heterocycles. The lowest BCUT2D eigenvalue weighted by Crippen LogP contribution is -2.50. The van der Waals surface area contributed by atoms with Gasteiger partial charge in [-0.15, -0.1) is 0 Å². The first kappa shape index (κ1) is 18.4. The zero-order chi connectivity index (χ0) is 17.4. The molecule has 24 heavy (non-hydrogen) atoms. The molecule has 1 N–H and O–H groups in total. The molecule has 0 radical (unpaired) electrons. The molecule has 0 aromatic heterocycles. The zero-order valence-electron chi connectivity index (χ0n) is 14.3. The molecule has 2 rings (SSSR count). The van der Waals surface area contributed by atoms with Crippen LogP contribution in [0, 0.1) is 11.3 Å². The van der Waals surface area contributed by atoms with Crippen LogP contribution in [0.3, 0.4) is 0 Å². The van der Waals surface area contributed by atoms with Gasteiger partial charge in [0, 0.05) is 46.3 Å². The Labute approximate surface area is 143 Å². The lowest BCUT2D eigenvalue weighted by Gasteiger charge is -2.35. The van der Waals surface area contributed by atoms with Crippen molar-refractivity contribution in [3.05, 3.63) is 35.9 Å². The van der Waals surface area contributed by atoms with E-state index in [0.29, 0.717) is 26.1 Å². The molecule has 1 heterocycles. The van der Waals surface area contributed by atoms with E-state index in [0.717, 1.165) is 31.7 Å². The second-order valence-corrected chi connectivity index (χ2v) is 6.23. The Bertz CT molecular complexity index is 550. The number of carbonyl (C=O) groups is 1. The number of nitrogens with zero attached hydrogens (tertiary/aromatic N) is 4. The molecule has 1 aromatic carbocycles. The fourth-order valence-electron chi connectivity index (χ4n) is 2.81. The smallest absolute Gasteiger partial charge is 0.236 e. The quantitative estimate of drug-likeness (QED) is 0.797. The fraction of sp³-hybridized carbons (Fsp3) is 0.556. The maximum atomic E-state index is 12.1. The fourth-order valence-corrected chi connectivity index (χ4v) is 2.81. The Morgan fingerprint density at radius 2 is 1.88 bits per heavy atom. The second kappa shape index (κ2) is 9.38. The molecule has 1 amide bonds. The molecule has 130 valence electrons. The maximum absolute atomic E-state index is 12.1. The van der Waals surface area contributed by atoms with Gasteiger partial charge in [0.05, 0.1) is 25.1 Å². The molecule has 0 spiro atoms. The summed E-state index contributed by atoms with van der Waals surface area (Å²) in [6.45, 7) is 4.83. The first-order chi connectivity index (χ1) is 11.6. The molecule has 0 unspecified atom stereocenters. The third-order valence-corrected chi connectivity index (χ3v) is 4.42. The predicted octanol–water partition coefficient (Wildman–Crippen LogP) is 0.710. The van der Waals surface area contributed by atoms with E-state index in [2.05, 4.69) is 15.9 Å². The number of nitriles is 1. The minimum Gasteiger partial charge on any atom is -0.387 e. The summed E-state index contributed by atoms with van der Waals surface area (Å²) in [5.74, 6) is 0.0584. The van der Waals surface area contributed by atoms with Crippen LogP contribution in [0.2, 0.25) is 0 Å². The Morgan fingerprint density at radius 3 is 2.50 bits per heavy atom. The molecule has 6 nitrogen and oxygen atoms in total. The van der Waals surface area contributed by atoms with Gasteiger partial charge in [-0.3, -0.25) is 14.6 Å². The standard InChI is InChI=1S/C18H26N4O2/c1-20(9-5-8-19)18(24)15-22-12-10-21(11-13-22)14-17(23)16-6-3-2-4-7-16/h2-4,6-7,17,23H,5,9-15H2,1H3/t17-/m0/s1. The van der Waals surface area contributed by atoms with Gasteiger partial charge in [-0.2, -0.15) is 5.26 Å². The molecule has 0 bridgehead atoms. The number of β-amino-alcohol motifs (C(OH)–C–C–N with tert-alkyl or cyclic N) is 1. The van der Waals surface area contributed by atoms with Crippen LogP contribution in [0.4, 0.5) is 0 Å². The van der Waals surface area contributed by atoms with E-state index >= 15 is 0 Å². The summed E-state index contributed by atoms with van der Waals surface area (Å²) in [5, 5.41) is 18.9. The van der Waals surface area contributed by atoms with Crippen molar-refractivity contribution in [3.8, 4) is 6.07 Å². The highest BCUT2D eigenvalue weighted by atomic mass is 16.3. The van der Waals surface area contributed by atoms with Gasteiger partial charge < -0.3 is 10.0 Å². The third kappa shape index (κ3) is 5.60. The number of carbonyl (C=O) groups excluding carboxylic acids is 1. The van der Waals surface area contributed by atoms with Crippen molar-refractivity contribution >= 4 is 5.91 Å². The summed E-state index contributed by atoms with van der Waals surface area (Å²) in [6.07, 6.45) is -0.107. The van der Waals surface area contributed by atoms with E-state index in [9.17, 15) is 9.90 Å². The molecule has 1 aliphatic rings. The van der Waals surface area contributed by atoms with Crippen LogP contribution >= 0.6 is 0 Å².